The van der Waals surface area contributed by atoms with Crippen molar-refractivity contribution >= 4 is 5.97 Å². The Balaban J connectivity index is 1.65. The van der Waals surface area contributed by atoms with Crippen LogP contribution < -0.4 is 0 Å². The number of unbranched alkanes of at least 4 members (excludes halogenated alkanes) is 1. The molecule has 2 fully saturated rings. The van der Waals surface area contributed by atoms with Crippen molar-refractivity contribution in [3.05, 3.63) is 0 Å². The van der Waals surface area contributed by atoms with Gasteiger partial charge in [0.2, 0.25) is 0 Å². The highest BCUT2D eigenvalue weighted by atomic mass is 16.8. The number of aliphatic carboxylic acids is 1. The van der Waals surface area contributed by atoms with Gasteiger partial charge in [-0.05, 0) is 19.8 Å². The molecule has 0 aromatic heterocycles. The van der Waals surface area contributed by atoms with Gasteiger partial charge < -0.3 is 24.1 Å². The minimum Gasteiger partial charge on any atom is -0.481 e. The van der Waals surface area contributed by atoms with Crippen molar-refractivity contribution in [1.82, 2.24) is 0 Å². The Labute approximate surface area is 113 Å². The van der Waals surface area contributed by atoms with Crippen LogP contribution >= 0.6 is 0 Å². The SMILES string of the molecule is COC1C[C@H]2OC2O[C@H]1O[C@H](C)CCCCC(=O)O. The second-order valence-electron chi connectivity index (χ2n) is 5.14. The number of epoxide rings is 1. The van der Waals surface area contributed by atoms with E-state index in [1.165, 1.54) is 0 Å². The van der Waals surface area contributed by atoms with Crippen LogP contribution in [0.15, 0.2) is 0 Å². The summed E-state index contributed by atoms with van der Waals surface area (Å²) in [6.45, 7) is 1.97. The van der Waals surface area contributed by atoms with Crippen LogP contribution in [0.25, 0.3) is 0 Å². The summed E-state index contributed by atoms with van der Waals surface area (Å²) in [6.07, 6.45) is 2.92. The van der Waals surface area contributed by atoms with Gasteiger partial charge in [-0.2, -0.15) is 0 Å². The van der Waals surface area contributed by atoms with E-state index in [4.69, 9.17) is 24.1 Å². The summed E-state index contributed by atoms with van der Waals surface area (Å²) >= 11 is 0. The fraction of sp³-hybridized carbons (Fsp3) is 0.923. The molecular formula is C13H22O6. The molecule has 2 heterocycles. The van der Waals surface area contributed by atoms with Gasteiger partial charge in [0, 0.05) is 20.0 Å². The highest BCUT2D eigenvalue weighted by Crippen LogP contribution is 2.37. The van der Waals surface area contributed by atoms with E-state index < -0.39 is 5.97 Å². The zero-order valence-corrected chi connectivity index (χ0v) is 11.4. The summed E-state index contributed by atoms with van der Waals surface area (Å²) in [5, 5.41) is 8.56. The van der Waals surface area contributed by atoms with Crippen LogP contribution in [0.1, 0.15) is 39.0 Å². The number of carboxylic acid groups (broad SMARTS) is 1. The summed E-state index contributed by atoms with van der Waals surface area (Å²) < 4.78 is 22.1. The Morgan fingerprint density at radius 3 is 2.89 bits per heavy atom. The Hall–Kier alpha value is -0.690. The molecule has 110 valence electrons. The molecule has 0 aromatic rings. The molecule has 1 N–H and O–H groups in total. The third-order valence-corrected chi connectivity index (χ3v) is 3.49. The van der Waals surface area contributed by atoms with Gasteiger partial charge in [0.1, 0.15) is 12.2 Å². The first-order valence-corrected chi connectivity index (χ1v) is 6.81. The number of hydrogen-bond donors (Lipinski definition) is 1. The summed E-state index contributed by atoms with van der Waals surface area (Å²) in [5.41, 5.74) is 0. The number of methoxy groups -OCH3 is 1. The van der Waals surface area contributed by atoms with Crippen LogP contribution in [0.5, 0.6) is 0 Å². The molecule has 2 aliphatic rings. The van der Waals surface area contributed by atoms with Crippen LogP contribution in [0.2, 0.25) is 0 Å². The maximum Gasteiger partial charge on any atom is 0.303 e. The molecule has 0 bridgehead atoms. The average molecular weight is 274 g/mol. The lowest BCUT2D eigenvalue weighted by molar-refractivity contribution is -0.244. The third kappa shape index (κ3) is 4.42. The van der Waals surface area contributed by atoms with Gasteiger partial charge in [0.15, 0.2) is 12.6 Å². The Morgan fingerprint density at radius 1 is 1.42 bits per heavy atom. The molecule has 6 heteroatoms. The smallest absolute Gasteiger partial charge is 0.303 e. The van der Waals surface area contributed by atoms with Crippen LogP contribution in [0.3, 0.4) is 0 Å². The van der Waals surface area contributed by atoms with E-state index in [1.54, 1.807) is 7.11 Å². The molecule has 2 aliphatic heterocycles. The molecule has 0 aliphatic carbocycles. The first kappa shape index (κ1) is 14.7. The molecule has 5 atom stereocenters. The van der Waals surface area contributed by atoms with Crippen molar-refractivity contribution in [2.75, 3.05) is 7.11 Å². The number of carbonyl (C=O) groups is 1. The molecule has 0 saturated carbocycles. The quantitative estimate of drug-likeness (QED) is 0.534. The van der Waals surface area contributed by atoms with Crippen molar-refractivity contribution in [1.29, 1.82) is 0 Å². The molecule has 19 heavy (non-hydrogen) atoms. The van der Waals surface area contributed by atoms with Crippen molar-refractivity contribution in [3.63, 3.8) is 0 Å². The predicted octanol–water partition coefficient (Wildman–Crippen LogP) is 1.52. The van der Waals surface area contributed by atoms with Crippen molar-refractivity contribution < 1.29 is 28.8 Å². The fourth-order valence-electron chi connectivity index (χ4n) is 2.31. The first-order chi connectivity index (χ1) is 9.10. The lowest BCUT2D eigenvalue weighted by atomic mass is 10.1. The standard InChI is InChI=1S/C13H22O6/c1-8(5-3-4-6-11(14)15)17-12-9(16-2)7-10-13(18-10)19-12/h8-10,12-13H,3-7H2,1-2H3,(H,14,15)/t8-,9?,10-,12-,13?/m1/s1. The van der Waals surface area contributed by atoms with E-state index in [0.717, 1.165) is 19.3 Å². The van der Waals surface area contributed by atoms with E-state index in [9.17, 15) is 4.79 Å². The van der Waals surface area contributed by atoms with E-state index in [0.29, 0.717) is 6.42 Å². The second kappa shape index (κ2) is 6.65. The minimum absolute atomic E-state index is 0.0201. The Bertz CT molecular complexity index is 308. The van der Waals surface area contributed by atoms with E-state index in [1.807, 2.05) is 6.92 Å². The summed E-state index contributed by atoms with van der Waals surface area (Å²) in [4.78, 5) is 10.4. The fourth-order valence-corrected chi connectivity index (χ4v) is 2.31. The van der Waals surface area contributed by atoms with Gasteiger partial charge in [0.05, 0.1) is 6.10 Å². The van der Waals surface area contributed by atoms with Crippen LogP contribution in [-0.2, 0) is 23.7 Å². The van der Waals surface area contributed by atoms with Crippen LogP contribution in [-0.4, -0.2) is 49.1 Å². The first-order valence-electron chi connectivity index (χ1n) is 6.81. The second-order valence-corrected chi connectivity index (χ2v) is 5.14. The maximum absolute atomic E-state index is 10.4. The van der Waals surface area contributed by atoms with Gasteiger partial charge in [-0.1, -0.05) is 6.42 Å². The number of hydrogen-bond acceptors (Lipinski definition) is 5. The van der Waals surface area contributed by atoms with Crippen LogP contribution in [0.4, 0.5) is 0 Å². The van der Waals surface area contributed by atoms with Gasteiger partial charge in [-0.25, -0.2) is 0 Å². The number of ether oxygens (including phenoxy) is 4. The van der Waals surface area contributed by atoms with Crippen molar-refractivity contribution in [3.8, 4) is 0 Å². The zero-order valence-electron chi connectivity index (χ0n) is 11.4. The Kier molecular flexibility index (Phi) is 5.15. The zero-order chi connectivity index (χ0) is 13.8. The monoisotopic (exact) mass is 274 g/mol. The molecule has 0 spiro atoms. The lowest BCUT2D eigenvalue weighted by Gasteiger charge is -2.30. The summed E-state index contributed by atoms with van der Waals surface area (Å²) in [6, 6.07) is 0. The molecule has 2 saturated heterocycles. The molecule has 2 unspecified atom stereocenters. The Morgan fingerprint density at radius 2 is 2.21 bits per heavy atom. The normalized spacial score (nSPS) is 34.6. The minimum atomic E-state index is -0.749. The van der Waals surface area contributed by atoms with E-state index >= 15 is 0 Å². The van der Waals surface area contributed by atoms with Gasteiger partial charge in [0.25, 0.3) is 0 Å². The van der Waals surface area contributed by atoms with Crippen molar-refractivity contribution in [2.24, 2.45) is 0 Å². The molecule has 0 aromatic carbocycles. The number of carboxylic acids is 1. The third-order valence-electron chi connectivity index (χ3n) is 3.49. The van der Waals surface area contributed by atoms with Gasteiger partial charge >= 0.3 is 5.97 Å². The average Bonchev–Trinajstić information content (AvgIpc) is 3.11. The highest BCUT2D eigenvalue weighted by molar-refractivity contribution is 5.66. The lowest BCUT2D eigenvalue weighted by Crippen LogP contribution is -2.41. The highest BCUT2D eigenvalue weighted by Gasteiger charge is 2.50. The van der Waals surface area contributed by atoms with E-state index in [2.05, 4.69) is 0 Å². The molecular weight excluding hydrogens is 252 g/mol. The number of rotatable bonds is 8. The predicted molar refractivity (Wildman–Crippen MR) is 65.6 cm³/mol. The molecule has 2 rings (SSSR count). The largest absolute Gasteiger partial charge is 0.481 e. The summed E-state index contributed by atoms with van der Waals surface area (Å²) in [5.74, 6) is -0.749. The number of fused-ring (bicyclic) bond motifs is 1. The van der Waals surface area contributed by atoms with Gasteiger partial charge in [-0.15, -0.1) is 0 Å². The van der Waals surface area contributed by atoms with Crippen molar-refractivity contribution in [2.45, 2.75) is 69.9 Å². The summed E-state index contributed by atoms with van der Waals surface area (Å²) in [7, 11) is 1.64. The van der Waals surface area contributed by atoms with Gasteiger partial charge in [-0.3, -0.25) is 4.79 Å². The molecule has 0 amide bonds. The molecule has 6 nitrogen and oxygen atoms in total. The maximum atomic E-state index is 10.4. The van der Waals surface area contributed by atoms with E-state index in [-0.39, 0.29) is 37.3 Å². The molecule has 0 radical (unpaired) electrons. The van der Waals surface area contributed by atoms with Crippen LogP contribution in [0, 0.1) is 0 Å². The topological polar surface area (TPSA) is 77.5 Å².